The molecule has 1 fully saturated rings. The fourth-order valence-corrected chi connectivity index (χ4v) is 4.87. The highest BCUT2D eigenvalue weighted by molar-refractivity contribution is 5.01. The van der Waals surface area contributed by atoms with Crippen LogP contribution in [0.25, 0.3) is 0 Å². The highest BCUT2D eigenvalue weighted by Crippen LogP contribution is 2.46. The molecule has 0 saturated carbocycles. The Morgan fingerprint density at radius 1 is 0.900 bits per heavy atom. The van der Waals surface area contributed by atoms with E-state index in [1.165, 1.54) is 25.7 Å². The Morgan fingerprint density at radius 3 is 1.80 bits per heavy atom. The Bertz CT molecular complexity index is 325. The molecule has 1 heteroatoms. The molecule has 0 bridgehead atoms. The van der Waals surface area contributed by atoms with E-state index in [2.05, 4.69) is 74.1 Å². The second kappa shape index (κ2) is 5.30. The molecule has 0 amide bonds. The van der Waals surface area contributed by atoms with E-state index < -0.39 is 0 Å². The Labute approximate surface area is 128 Å². The van der Waals surface area contributed by atoms with Gasteiger partial charge in [-0.1, -0.05) is 41.0 Å². The van der Waals surface area contributed by atoms with E-state index in [1.807, 2.05) is 0 Å². The van der Waals surface area contributed by atoms with Crippen molar-refractivity contribution in [3.05, 3.63) is 0 Å². The molecule has 1 unspecified atom stereocenters. The predicted octanol–water partition coefficient (Wildman–Crippen LogP) is 5.88. The Morgan fingerprint density at radius 2 is 1.40 bits per heavy atom. The maximum atomic E-state index is 2.83. The lowest BCUT2D eigenvalue weighted by atomic mass is 9.69. The van der Waals surface area contributed by atoms with E-state index in [0.29, 0.717) is 16.9 Å². The van der Waals surface area contributed by atoms with Crippen LogP contribution in [-0.4, -0.2) is 22.0 Å². The van der Waals surface area contributed by atoms with Crippen LogP contribution in [0.3, 0.4) is 0 Å². The van der Waals surface area contributed by atoms with Crippen LogP contribution < -0.4 is 0 Å². The van der Waals surface area contributed by atoms with E-state index in [4.69, 9.17) is 0 Å². The van der Waals surface area contributed by atoms with E-state index in [1.54, 1.807) is 0 Å². The van der Waals surface area contributed by atoms with Crippen molar-refractivity contribution in [3.8, 4) is 0 Å². The Hall–Kier alpha value is -0.0400. The Balaban J connectivity index is 3.27. The summed E-state index contributed by atoms with van der Waals surface area (Å²) in [6.45, 7) is 24.2. The fourth-order valence-electron chi connectivity index (χ4n) is 4.87. The summed E-state index contributed by atoms with van der Waals surface area (Å²) in [5, 5.41) is 0. The molecule has 1 aliphatic rings. The molecule has 1 atom stereocenters. The zero-order valence-corrected chi connectivity index (χ0v) is 15.9. The first-order valence-electron chi connectivity index (χ1n) is 8.46. The standard InChI is InChI=1S/C19H39N/c1-16(2,3)15-12-11-13-18(7,8)14-19(9,10)20(15)17(4,5)6/h15H,11-14H2,1-10H3. The van der Waals surface area contributed by atoms with Crippen LogP contribution in [0.5, 0.6) is 0 Å². The van der Waals surface area contributed by atoms with Gasteiger partial charge in [-0.25, -0.2) is 0 Å². The summed E-state index contributed by atoms with van der Waals surface area (Å²) in [7, 11) is 0. The van der Waals surface area contributed by atoms with Crippen LogP contribution in [0.1, 0.15) is 94.9 Å². The van der Waals surface area contributed by atoms with Gasteiger partial charge in [0.2, 0.25) is 0 Å². The molecule has 1 aliphatic heterocycles. The summed E-state index contributed by atoms with van der Waals surface area (Å²) in [5.41, 5.74) is 1.26. The number of rotatable bonds is 0. The summed E-state index contributed by atoms with van der Waals surface area (Å²) in [6.07, 6.45) is 5.33. The van der Waals surface area contributed by atoms with Crippen LogP contribution in [0.15, 0.2) is 0 Å². The van der Waals surface area contributed by atoms with Gasteiger partial charge >= 0.3 is 0 Å². The SMILES string of the molecule is CC1(C)CCCC(C(C)(C)C)N(C(C)(C)C)C(C)(C)C1. The maximum Gasteiger partial charge on any atom is 0.0166 e. The van der Waals surface area contributed by atoms with Gasteiger partial charge in [-0.05, 0) is 64.7 Å². The smallest absolute Gasteiger partial charge is 0.0166 e. The lowest BCUT2D eigenvalue weighted by Crippen LogP contribution is -2.63. The second-order valence-corrected chi connectivity index (χ2v) is 10.5. The van der Waals surface area contributed by atoms with Crippen molar-refractivity contribution in [3.63, 3.8) is 0 Å². The predicted molar refractivity (Wildman–Crippen MR) is 91.2 cm³/mol. The molecular formula is C19H39N. The van der Waals surface area contributed by atoms with Gasteiger partial charge < -0.3 is 0 Å². The van der Waals surface area contributed by atoms with E-state index in [9.17, 15) is 0 Å². The first kappa shape index (κ1) is 18.0. The number of hydrogen-bond donors (Lipinski definition) is 0. The van der Waals surface area contributed by atoms with Crippen molar-refractivity contribution < 1.29 is 0 Å². The largest absolute Gasteiger partial charge is 0.290 e. The van der Waals surface area contributed by atoms with Gasteiger partial charge in [-0.15, -0.1) is 0 Å². The lowest BCUT2D eigenvalue weighted by Gasteiger charge is -2.58. The van der Waals surface area contributed by atoms with Gasteiger partial charge in [0.05, 0.1) is 0 Å². The molecule has 1 nitrogen and oxygen atoms in total. The van der Waals surface area contributed by atoms with Gasteiger partial charge in [0.15, 0.2) is 0 Å². The second-order valence-electron chi connectivity index (χ2n) is 10.5. The number of likely N-dealkylation sites (tertiary alicyclic amines) is 1. The molecule has 1 heterocycles. The monoisotopic (exact) mass is 281 g/mol. The molecule has 0 aromatic heterocycles. The molecule has 0 radical (unpaired) electrons. The molecule has 20 heavy (non-hydrogen) atoms. The van der Waals surface area contributed by atoms with Gasteiger partial charge in [0.1, 0.15) is 0 Å². The van der Waals surface area contributed by atoms with Crippen molar-refractivity contribution in [1.29, 1.82) is 0 Å². The first-order valence-corrected chi connectivity index (χ1v) is 8.46. The lowest BCUT2D eigenvalue weighted by molar-refractivity contribution is -0.0848. The van der Waals surface area contributed by atoms with E-state index in [-0.39, 0.29) is 11.1 Å². The van der Waals surface area contributed by atoms with Gasteiger partial charge in [-0.2, -0.15) is 0 Å². The summed E-state index contributed by atoms with van der Waals surface area (Å²) < 4.78 is 0. The molecule has 0 N–H and O–H groups in total. The zero-order valence-electron chi connectivity index (χ0n) is 15.9. The minimum Gasteiger partial charge on any atom is -0.290 e. The molecular weight excluding hydrogens is 242 g/mol. The van der Waals surface area contributed by atoms with Crippen molar-refractivity contribution >= 4 is 0 Å². The Kier molecular flexibility index (Phi) is 4.78. The third-order valence-corrected chi connectivity index (χ3v) is 4.93. The summed E-state index contributed by atoms with van der Waals surface area (Å²) >= 11 is 0. The summed E-state index contributed by atoms with van der Waals surface area (Å²) in [6, 6.07) is 0.661. The van der Waals surface area contributed by atoms with Gasteiger partial charge in [0, 0.05) is 17.1 Å². The van der Waals surface area contributed by atoms with E-state index in [0.717, 1.165) is 0 Å². The molecule has 120 valence electrons. The highest BCUT2D eigenvalue weighted by atomic mass is 15.3. The first-order chi connectivity index (χ1) is 8.67. The molecule has 1 saturated heterocycles. The van der Waals surface area contributed by atoms with Crippen molar-refractivity contribution in [2.24, 2.45) is 10.8 Å². The topological polar surface area (TPSA) is 3.24 Å². The van der Waals surface area contributed by atoms with Crippen LogP contribution >= 0.6 is 0 Å². The number of hydrogen-bond acceptors (Lipinski definition) is 1. The zero-order chi connectivity index (χ0) is 16.0. The average Bonchev–Trinajstić information content (AvgIpc) is 2.07. The van der Waals surface area contributed by atoms with Crippen LogP contribution in [0.4, 0.5) is 0 Å². The maximum absolute atomic E-state index is 2.83. The fraction of sp³-hybridized carbons (Fsp3) is 1.00. The average molecular weight is 282 g/mol. The minimum atomic E-state index is 0.217. The van der Waals surface area contributed by atoms with E-state index >= 15 is 0 Å². The van der Waals surface area contributed by atoms with Gasteiger partial charge in [0.25, 0.3) is 0 Å². The van der Waals surface area contributed by atoms with Gasteiger partial charge in [-0.3, -0.25) is 4.90 Å². The quantitative estimate of drug-likeness (QED) is 0.536. The third-order valence-electron chi connectivity index (χ3n) is 4.93. The highest BCUT2D eigenvalue weighted by Gasteiger charge is 2.46. The number of nitrogens with zero attached hydrogens (tertiary/aromatic N) is 1. The third kappa shape index (κ3) is 4.23. The van der Waals surface area contributed by atoms with Crippen LogP contribution in [-0.2, 0) is 0 Å². The van der Waals surface area contributed by atoms with Crippen LogP contribution in [0.2, 0.25) is 0 Å². The van der Waals surface area contributed by atoms with Crippen molar-refractivity contribution in [2.75, 3.05) is 0 Å². The molecule has 1 rings (SSSR count). The minimum absolute atomic E-state index is 0.217. The molecule has 0 aromatic rings. The molecule has 0 aliphatic carbocycles. The summed E-state index contributed by atoms with van der Waals surface area (Å²) in [4.78, 5) is 2.83. The van der Waals surface area contributed by atoms with Crippen LogP contribution in [0, 0.1) is 10.8 Å². The molecule has 0 aromatic carbocycles. The molecule has 0 spiro atoms. The van der Waals surface area contributed by atoms with Crippen molar-refractivity contribution in [2.45, 2.75) is 112 Å². The normalized spacial score (nSPS) is 28.8. The summed E-state index contributed by atoms with van der Waals surface area (Å²) in [5.74, 6) is 0. The van der Waals surface area contributed by atoms with Crippen molar-refractivity contribution in [1.82, 2.24) is 4.90 Å².